The van der Waals surface area contributed by atoms with Gasteiger partial charge in [-0.15, -0.1) is 0 Å². The van der Waals surface area contributed by atoms with Crippen LogP contribution in [0.4, 0.5) is 0 Å². The lowest BCUT2D eigenvalue weighted by molar-refractivity contribution is 0.243. The zero-order chi connectivity index (χ0) is 14.4. The van der Waals surface area contributed by atoms with Gasteiger partial charge in [0.1, 0.15) is 5.75 Å². The highest BCUT2D eigenvalue weighted by Gasteiger charge is 2.39. The Kier molecular flexibility index (Phi) is 2.74. The van der Waals surface area contributed by atoms with Gasteiger partial charge in [-0.2, -0.15) is 5.10 Å². The molecule has 0 spiro atoms. The van der Waals surface area contributed by atoms with Gasteiger partial charge in [0.2, 0.25) is 0 Å². The fourth-order valence-electron chi connectivity index (χ4n) is 3.72. The van der Waals surface area contributed by atoms with Crippen LogP contribution in [-0.2, 0) is 6.42 Å². The van der Waals surface area contributed by atoms with Gasteiger partial charge >= 0.3 is 0 Å². The SMILES string of the molecule is CN1N=C2c3ccccc3CCC2[C@H]1c1cccc(O)c1. The van der Waals surface area contributed by atoms with E-state index in [1.807, 2.05) is 19.2 Å². The molecule has 21 heavy (non-hydrogen) atoms. The molecule has 4 rings (SSSR count). The summed E-state index contributed by atoms with van der Waals surface area (Å²) in [6.45, 7) is 0. The number of phenolic OH excluding ortho intramolecular Hbond substituents is 1. The zero-order valence-electron chi connectivity index (χ0n) is 12.0. The Morgan fingerprint density at radius 1 is 1.14 bits per heavy atom. The number of hydrogen-bond acceptors (Lipinski definition) is 3. The quantitative estimate of drug-likeness (QED) is 0.868. The van der Waals surface area contributed by atoms with Crippen molar-refractivity contribution < 1.29 is 5.11 Å². The molecule has 0 amide bonds. The number of aromatic hydroxyl groups is 1. The number of hydrazone groups is 1. The smallest absolute Gasteiger partial charge is 0.115 e. The van der Waals surface area contributed by atoms with Crippen LogP contribution >= 0.6 is 0 Å². The van der Waals surface area contributed by atoms with Gasteiger partial charge in [-0.1, -0.05) is 36.4 Å². The number of phenols is 1. The molecule has 0 fully saturated rings. The van der Waals surface area contributed by atoms with Crippen LogP contribution in [0.3, 0.4) is 0 Å². The van der Waals surface area contributed by atoms with E-state index in [0.717, 1.165) is 18.4 Å². The lowest BCUT2D eigenvalue weighted by Crippen LogP contribution is -2.27. The standard InChI is InChI=1S/C18H18N2O/c1-20-18(13-6-4-7-14(21)11-13)16-10-9-12-5-2-3-8-15(12)17(16)19-20/h2-8,11,16,18,21H,9-10H2,1H3/t16?,18-/m1/s1. The number of nitrogens with zero attached hydrogens (tertiary/aromatic N) is 2. The van der Waals surface area contributed by atoms with Gasteiger partial charge in [0, 0.05) is 18.5 Å². The molecular weight excluding hydrogens is 260 g/mol. The van der Waals surface area contributed by atoms with Crippen molar-refractivity contribution in [3.05, 3.63) is 65.2 Å². The number of aryl methyl sites for hydroxylation is 1. The monoisotopic (exact) mass is 278 g/mol. The van der Waals surface area contributed by atoms with Crippen LogP contribution in [0.5, 0.6) is 5.75 Å². The third-order valence-electron chi connectivity index (χ3n) is 4.63. The summed E-state index contributed by atoms with van der Waals surface area (Å²) >= 11 is 0. The maximum absolute atomic E-state index is 9.76. The molecule has 1 N–H and O–H groups in total. The first-order chi connectivity index (χ1) is 10.2. The molecule has 1 unspecified atom stereocenters. The van der Waals surface area contributed by atoms with Crippen molar-refractivity contribution in [2.24, 2.45) is 11.0 Å². The minimum atomic E-state index is 0.223. The summed E-state index contributed by atoms with van der Waals surface area (Å²) in [5.41, 5.74) is 5.04. The minimum Gasteiger partial charge on any atom is -0.508 e. The van der Waals surface area contributed by atoms with Crippen LogP contribution < -0.4 is 0 Å². The van der Waals surface area contributed by atoms with Crippen molar-refractivity contribution >= 4 is 5.71 Å². The van der Waals surface area contributed by atoms with E-state index < -0.39 is 0 Å². The van der Waals surface area contributed by atoms with Gasteiger partial charge in [0.15, 0.2) is 0 Å². The summed E-state index contributed by atoms with van der Waals surface area (Å²) < 4.78 is 0. The van der Waals surface area contributed by atoms with E-state index in [1.54, 1.807) is 6.07 Å². The summed E-state index contributed by atoms with van der Waals surface area (Å²) in [4.78, 5) is 0. The van der Waals surface area contributed by atoms with Gasteiger partial charge in [-0.25, -0.2) is 0 Å². The minimum absolute atomic E-state index is 0.223. The lowest BCUT2D eigenvalue weighted by atomic mass is 9.77. The van der Waals surface area contributed by atoms with Crippen LogP contribution in [0.15, 0.2) is 53.6 Å². The van der Waals surface area contributed by atoms with Gasteiger partial charge in [0.25, 0.3) is 0 Å². The maximum atomic E-state index is 9.76. The number of rotatable bonds is 1. The molecule has 3 heteroatoms. The summed E-state index contributed by atoms with van der Waals surface area (Å²) in [6, 6.07) is 16.4. The molecule has 3 nitrogen and oxygen atoms in total. The Morgan fingerprint density at radius 3 is 2.86 bits per heavy atom. The summed E-state index contributed by atoms with van der Waals surface area (Å²) in [6.07, 6.45) is 2.21. The van der Waals surface area contributed by atoms with E-state index in [0.29, 0.717) is 11.7 Å². The van der Waals surface area contributed by atoms with Crippen molar-refractivity contribution in [2.45, 2.75) is 18.9 Å². The predicted molar refractivity (Wildman–Crippen MR) is 83.4 cm³/mol. The molecule has 2 atom stereocenters. The summed E-state index contributed by atoms with van der Waals surface area (Å²) in [7, 11) is 2.03. The molecule has 2 aliphatic rings. The van der Waals surface area contributed by atoms with E-state index in [2.05, 4.69) is 35.3 Å². The van der Waals surface area contributed by atoms with Gasteiger partial charge in [0.05, 0.1) is 11.8 Å². The maximum Gasteiger partial charge on any atom is 0.115 e. The van der Waals surface area contributed by atoms with Crippen molar-refractivity contribution in [3.63, 3.8) is 0 Å². The Labute approximate surface area is 124 Å². The first-order valence-electron chi connectivity index (χ1n) is 7.42. The second kappa shape index (κ2) is 4.62. The highest BCUT2D eigenvalue weighted by Crippen LogP contribution is 2.42. The van der Waals surface area contributed by atoms with E-state index in [4.69, 9.17) is 5.10 Å². The van der Waals surface area contributed by atoms with Crippen LogP contribution in [-0.4, -0.2) is 22.9 Å². The second-order valence-electron chi connectivity index (χ2n) is 5.90. The van der Waals surface area contributed by atoms with Gasteiger partial charge in [-0.3, -0.25) is 5.01 Å². The van der Waals surface area contributed by atoms with Crippen molar-refractivity contribution in [3.8, 4) is 5.75 Å². The van der Waals surface area contributed by atoms with Crippen LogP contribution in [0.25, 0.3) is 0 Å². The largest absolute Gasteiger partial charge is 0.508 e. The molecule has 2 aromatic carbocycles. The van der Waals surface area contributed by atoms with Gasteiger partial charge in [-0.05, 0) is 36.1 Å². The summed E-state index contributed by atoms with van der Waals surface area (Å²) in [5.74, 6) is 0.734. The Bertz CT molecular complexity index is 723. The Morgan fingerprint density at radius 2 is 2.00 bits per heavy atom. The Balaban J connectivity index is 1.76. The average Bonchev–Trinajstić information content (AvgIpc) is 2.83. The van der Waals surface area contributed by atoms with Crippen LogP contribution in [0.2, 0.25) is 0 Å². The van der Waals surface area contributed by atoms with Crippen molar-refractivity contribution in [1.29, 1.82) is 0 Å². The van der Waals surface area contributed by atoms with Crippen LogP contribution in [0, 0.1) is 5.92 Å². The summed E-state index contributed by atoms with van der Waals surface area (Å²) in [5, 5.41) is 16.6. The highest BCUT2D eigenvalue weighted by atomic mass is 16.3. The van der Waals surface area contributed by atoms with Crippen molar-refractivity contribution in [1.82, 2.24) is 5.01 Å². The fourth-order valence-corrected chi connectivity index (χ4v) is 3.72. The zero-order valence-corrected chi connectivity index (χ0v) is 12.0. The normalized spacial score (nSPS) is 23.5. The molecular formula is C18H18N2O. The van der Waals surface area contributed by atoms with E-state index in [9.17, 15) is 5.11 Å². The van der Waals surface area contributed by atoms with Gasteiger partial charge < -0.3 is 5.11 Å². The first kappa shape index (κ1) is 12.5. The lowest BCUT2D eigenvalue weighted by Gasteiger charge is -2.29. The van der Waals surface area contributed by atoms with E-state index >= 15 is 0 Å². The Hall–Kier alpha value is -2.29. The number of benzene rings is 2. The molecule has 0 saturated heterocycles. The third-order valence-corrected chi connectivity index (χ3v) is 4.63. The third kappa shape index (κ3) is 1.92. The molecule has 0 aromatic heterocycles. The molecule has 0 radical (unpaired) electrons. The second-order valence-corrected chi connectivity index (χ2v) is 5.90. The number of hydrogen-bond donors (Lipinski definition) is 1. The molecule has 1 heterocycles. The average molecular weight is 278 g/mol. The molecule has 2 aromatic rings. The van der Waals surface area contributed by atoms with E-state index in [-0.39, 0.29) is 6.04 Å². The molecule has 1 aliphatic carbocycles. The van der Waals surface area contributed by atoms with Crippen LogP contribution in [0.1, 0.15) is 29.2 Å². The molecule has 1 aliphatic heterocycles. The highest BCUT2D eigenvalue weighted by molar-refractivity contribution is 6.05. The molecule has 106 valence electrons. The topological polar surface area (TPSA) is 35.8 Å². The first-order valence-corrected chi connectivity index (χ1v) is 7.42. The fraction of sp³-hybridized carbons (Fsp3) is 0.278. The van der Waals surface area contributed by atoms with Crippen molar-refractivity contribution in [2.75, 3.05) is 7.05 Å². The molecule has 0 bridgehead atoms. The number of fused-ring (bicyclic) bond motifs is 3. The molecule has 0 saturated carbocycles. The predicted octanol–water partition coefficient (Wildman–Crippen LogP) is 3.35. The van der Waals surface area contributed by atoms with E-state index in [1.165, 1.54) is 16.8 Å².